The summed E-state index contributed by atoms with van der Waals surface area (Å²) in [6.45, 7) is 0.836. The van der Waals surface area contributed by atoms with E-state index in [4.69, 9.17) is 14.2 Å². The van der Waals surface area contributed by atoms with Gasteiger partial charge in [-0.3, -0.25) is 28.9 Å². The third kappa shape index (κ3) is 4.93. The number of hydrogen-bond acceptors (Lipinski definition) is 8. The molecule has 1 aliphatic carbocycles. The molecule has 3 aromatic carbocycles. The van der Waals surface area contributed by atoms with Crippen molar-refractivity contribution in [3.8, 4) is 28.4 Å². The average Bonchev–Trinajstić information content (AvgIpc) is 3.08. The zero-order chi connectivity index (χ0) is 30.1. The summed E-state index contributed by atoms with van der Waals surface area (Å²) in [7, 11) is 4.52. The van der Waals surface area contributed by atoms with E-state index in [1.807, 2.05) is 6.07 Å². The Morgan fingerprint density at radius 1 is 0.881 bits per heavy atom. The highest BCUT2D eigenvalue weighted by molar-refractivity contribution is 6.22. The van der Waals surface area contributed by atoms with Crippen molar-refractivity contribution in [1.29, 1.82) is 0 Å². The predicted molar refractivity (Wildman–Crippen MR) is 153 cm³/mol. The van der Waals surface area contributed by atoms with Gasteiger partial charge in [0.25, 0.3) is 11.8 Å². The van der Waals surface area contributed by atoms with Crippen molar-refractivity contribution in [2.45, 2.75) is 25.8 Å². The molecule has 1 aliphatic heterocycles. The van der Waals surface area contributed by atoms with Crippen LogP contribution in [0.4, 0.5) is 5.69 Å². The van der Waals surface area contributed by atoms with Crippen LogP contribution in [-0.4, -0.2) is 56.4 Å². The number of carbonyl (C=O) groups is 4. The van der Waals surface area contributed by atoms with Gasteiger partial charge in [0, 0.05) is 12.5 Å². The van der Waals surface area contributed by atoms with Crippen LogP contribution < -0.4 is 30.3 Å². The van der Waals surface area contributed by atoms with Crippen LogP contribution in [0, 0.1) is 0 Å². The zero-order valence-corrected chi connectivity index (χ0v) is 23.5. The second kappa shape index (κ2) is 11.4. The van der Waals surface area contributed by atoms with Gasteiger partial charge >= 0.3 is 0 Å². The van der Waals surface area contributed by atoms with Gasteiger partial charge in [-0.2, -0.15) is 0 Å². The largest absolute Gasteiger partial charge is 0.493 e. The summed E-state index contributed by atoms with van der Waals surface area (Å²) in [5.74, 6) is -0.913. The fourth-order valence-electron chi connectivity index (χ4n) is 5.53. The van der Waals surface area contributed by atoms with Crippen molar-refractivity contribution in [1.82, 2.24) is 10.2 Å². The summed E-state index contributed by atoms with van der Waals surface area (Å²) < 4.78 is 16.9. The first-order valence-electron chi connectivity index (χ1n) is 13.2. The highest BCUT2D eigenvalue weighted by Gasteiger charge is 2.36. The first kappa shape index (κ1) is 28.3. The Kier molecular flexibility index (Phi) is 7.66. The quantitative estimate of drug-likeness (QED) is 0.413. The van der Waals surface area contributed by atoms with E-state index in [9.17, 15) is 24.0 Å². The maximum Gasteiger partial charge on any atom is 0.262 e. The Hall–Kier alpha value is -5.19. The SMILES string of the molecule is COc1cc2c(c(OC)c1OC)-c1ccc(NC(=O)CN3C(=O)c4ccccc4C3=O)c(=O)cc1[C@@H](NC(C)=O)CC2. The van der Waals surface area contributed by atoms with Crippen molar-refractivity contribution in [2.75, 3.05) is 33.2 Å². The van der Waals surface area contributed by atoms with Crippen LogP contribution in [-0.2, 0) is 16.0 Å². The summed E-state index contributed by atoms with van der Waals surface area (Å²) in [5.41, 5.74) is 2.50. The minimum Gasteiger partial charge on any atom is -0.493 e. The molecule has 2 N–H and O–H groups in total. The van der Waals surface area contributed by atoms with E-state index < -0.39 is 35.7 Å². The summed E-state index contributed by atoms with van der Waals surface area (Å²) >= 11 is 0. The Labute approximate surface area is 241 Å². The number of nitrogens with one attached hydrogen (secondary N) is 2. The standard InChI is InChI=1S/C31H29N3O8/c1-16(35)32-22-11-9-17-13-25(40-2)28(41-3)29(42-4)27(17)18-10-12-23(24(36)14-21(18)22)33-26(37)15-34-30(38)19-7-5-6-8-20(19)31(34)39/h5-8,10,12-14,22H,9,11,15H2,1-4H3,(H,32,35)(H,33,36,37)/t22-/m0/s1. The molecule has 216 valence electrons. The van der Waals surface area contributed by atoms with Crippen molar-refractivity contribution in [3.05, 3.63) is 81.0 Å². The van der Waals surface area contributed by atoms with Crippen LogP contribution >= 0.6 is 0 Å². The Morgan fingerprint density at radius 3 is 2.14 bits per heavy atom. The smallest absolute Gasteiger partial charge is 0.262 e. The number of imide groups is 1. The van der Waals surface area contributed by atoms with Crippen LogP contribution in [0.25, 0.3) is 11.1 Å². The number of methoxy groups -OCH3 is 3. The number of fused-ring (bicyclic) bond motifs is 4. The minimum absolute atomic E-state index is 0.0627. The van der Waals surface area contributed by atoms with E-state index in [0.717, 1.165) is 10.5 Å². The van der Waals surface area contributed by atoms with E-state index in [1.165, 1.54) is 52.5 Å². The van der Waals surface area contributed by atoms with Crippen LogP contribution in [0.2, 0.25) is 0 Å². The molecule has 0 unspecified atom stereocenters. The molecule has 5 rings (SSSR count). The maximum absolute atomic E-state index is 13.5. The van der Waals surface area contributed by atoms with Gasteiger partial charge in [0.2, 0.25) is 23.0 Å². The number of hydrogen-bond donors (Lipinski definition) is 2. The first-order valence-corrected chi connectivity index (χ1v) is 13.2. The Balaban J connectivity index is 1.56. The van der Waals surface area contributed by atoms with Crippen LogP contribution in [0.3, 0.4) is 0 Å². The second-order valence-corrected chi connectivity index (χ2v) is 9.89. The number of rotatable bonds is 7. The van der Waals surface area contributed by atoms with E-state index in [2.05, 4.69) is 10.6 Å². The molecule has 3 aromatic rings. The predicted octanol–water partition coefficient (Wildman–Crippen LogP) is 3.10. The lowest BCUT2D eigenvalue weighted by Gasteiger charge is -2.19. The van der Waals surface area contributed by atoms with Gasteiger partial charge in [-0.25, -0.2) is 0 Å². The molecule has 11 heteroatoms. The molecule has 0 bridgehead atoms. The number of benzene rings is 2. The molecule has 1 heterocycles. The van der Waals surface area contributed by atoms with E-state index in [-0.39, 0.29) is 22.7 Å². The van der Waals surface area contributed by atoms with Gasteiger partial charge in [-0.05, 0) is 59.9 Å². The van der Waals surface area contributed by atoms with Gasteiger partial charge < -0.3 is 24.8 Å². The molecule has 0 fully saturated rings. The summed E-state index contributed by atoms with van der Waals surface area (Å²) in [4.78, 5) is 64.9. The van der Waals surface area contributed by atoms with E-state index in [0.29, 0.717) is 46.8 Å². The lowest BCUT2D eigenvalue weighted by Crippen LogP contribution is -2.37. The molecule has 0 aromatic heterocycles. The monoisotopic (exact) mass is 571 g/mol. The van der Waals surface area contributed by atoms with Crippen molar-refractivity contribution < 1.29 is 33.4 Å². The molecular formula is C31H29N3O8. The van der Waals surface area contributed by atoms with Gasteiger partial charge in [0.1, 0.15) is 6.54 Å². The lowest BCUT2D eigenvalue weighted by molar-refractivity contribution is -0.119. The van der Waals surface area contributed by atoms with Crippen molar-refractivity contribution >= 4 is 29.3 Å². The highest BCUT2D eigenvalue weighted by Crippen LogP contribution is 2.50. The second-order valence-electron chi connectivity index (χ2n) is 9.89. The number of nitrogens with zero attached hydrogens (tertiary/aromatic N) is 1. The third-order valence-corrected chi connectivity index (χ3v) is 7.37. The Bertz CT molecular complexity index is 1670. The lowest BCUT2D eigenvalue weighted by atomic mass is 9.95. The third-order valence-electron chi connectivity index (χ3n) is 7.37. The van der Waals surface area contributed by atoms with E-state index >= 15 is 0 Å². The normalized spacial score (nSPS) is 15.1. The number of aryl methyl sites for hydroxylation is 1. The van der Waals surface area contributed by atoms with Gasteiger partial charge in [-0.1, -0.05) is 18.2 Å². The number of ether oxygens (including phenoxy) is 3. The fourth-order valence-corrected chi connectivity index (χ4v) is 5.53. The average molecular weight is 572 g/mol. The molecule has 0 spiro atoms. The molecule has 0 saturated carbocycles. The zero-order valence-electron chi connectivity index (χ0n) is 23.5. The topological polar surface area (TPSA) is 140 Å². The van der Waals surface area contributed by atoms with Gasteiger partial charge in [-0.15, -0.1) is 0 Å². The summed E-state index contributed by atoms with van der Waals surface area (Å²) in [6.07, 6.45) is 1.01. The molecule has 4 amide bonds. The minimum atomic E-state index is -0.717. The van der Waals surface area contributed by atoms with Gasteiger partial charge in [0.05, 0.1) is 44.2 Å². The van der Waals surface area contributed by atoms with Crippen LogP contribution in [0.15, 0.2) is 53.3 Å². The van der Waals surface area contributed by atoms with Crippen molar-refractivity contribution in [3.63, 3.8) is 0 Å². The molecule has 11 nitrogen and oxygen atoms in total. The maximum atomic E-state index is 13.5. The number of amides is 4. The summed E-state index contributed by atoms with van der Waals surface area (Å²) in [5, 5.41) is 5.48. The molecule has 0 saturated heterocycles. The number of anilines is 1. The first-order chi connectivity index (χ1) is 20.2. The van der Waals surface area contributed by atoms with Crippen molar-refractivity contribution in [2.24, 2.45) is 0 Å². The molecule has 42 heavy (non-hydrogen) atoms. The molecule has 2 aliphatic rings. The Morgan fingerprint density at radius 2 is 1.55 bits per heavy atom. The summed E-state index contributed by atoms with van der Waals surface area (Å²) in [6, 6.07) is 12.1. The molecule has 0 radical (unpaired) electrons. The van der Waals surface area contributed by atoms with Crippen LogP contribution in [0.1, 0.15) is 51.2 Å². The number of carbonyl (C=O) groups excluding carboxylic acids is 4. The molecular weight excluding hydrogens is 542 g/mol. The van der Waals surface area contributed by atoms with Gasteiger partial charge in [0.15, 0.2) is 11.5 Å². The fraction of sp³-hybridized carbons (Fsp3) is 0.258. The molecule has 1 atom stereocenters. The van der Waals surface area contributed by atoms with Crippen LogP contribution in [0.5, 0.6) is 17.2 Å². The van der Waals surface area contributed by atoms with E-state index in [1.54, 1.807) is 18.2 Å². The highest BCUT2D eigenvalue weighted by atomic mass is 16.5.